The number of hydrogen-bond donors (Lipinski definition) is 1. The van der Waals surface area contributed by atoms with Gasteiger partial charge in [0.15, 0.2) is 5.16 Å². The molecule has 0 bridgehead atoms. The lowest BCUT2D eigenvalue weighted by Crippen LogP contribution is -2.26. The van der Waals surface area contributed by atoms with Crippen LogP contribution in [0.4, 0.5) is 0 Å². The minimum Gasteiger partial charge on any atom is -0.352 e. The molecule has 132 valence electrons. The summed E-state index contributed by atoms with van der Waals surface area (Å²) in [7, 11) is 0. The van der Waals surface area contributed by atoms with Gasteiger partial charge in [0, 0.05) is 6.54 Å². The molecule has 3 rings (SSSR count). The maximum Gasteiger partial charge on any atom is 0.266 e. The van der Waals surface area contributed by atoms with E-state index in [9.17, 15) is 9.59 Å². The summed E-state index contributed by atoms with van der Waals surface area (Å²) in [5.74, 6) is 0.0394. The van der Waals surface area contributed by atoms with Gasteiger partial charge in [-0.05, 0) is 31.2 Å². The van der Waals surface area contributed by atoms with Crippen LogP contribution in [0.25, 0.3) is 16.6 Å². The Hall–Kier alpha value is -2.86. The number of hydrogen-bond acceptors (Lipinski definition) is 4. The van der Waals surface area contributed by atoms with Crippen LogP contribution >= 0.6 is 11.8 Å². The van der Waals surface area contributed by atoms with E-state index in [2.05, 4.69) is 16.9 Å². The van der Waals surface area contributed by atoms with Crippen LogP contribution in [0, 0.1) is 6.92 Å². The van der Waals surface area contributed by atoms with E-state index in [1.54, 1.807) is 22.8 Å². The first-order valence-corrected chi connectivity index (χ1v) is 9.18. The van der Waals surface area contributed by atoms with Gasteiger partial charge in [0.1, 0.15) is 0 Å². The number of rotatable bonds is 6. The Labute approximate surface area is 155 Å². The molecule has 0 spiro atoms. The first kappa shape index (κ1) is 17.9. The molecule has 1 heterocycles. The monoisotopic (exact) mass is 365 g/mol. The second-order valence-electron chi connectivity index (χ2n) is 5.77. The molecule has 1 aromatic heterocycles. The van der Waals surface area contributed by atoms with Gasteiger partial charge in [0.05, 0.1) is 22.3 Å². The van der Waals surface area contributed by atoms with E-state index in [-0.39, 0.29) is 17.2 Å². The molecule has 1 amide bonds. The third-order valence-corrected chi connectivity index (χ3v) is 4.75. The Morgan fingerprint density at radius 3 is 2.69 bits per heavy atom. The van der Waals surface area contributed by atoms with Crippen LogP contribution in [-0.2, 0) is 4.79 Å². The van der Waals surface area contributed by atoms with Crippen molar-refractivity contribution in [3.63, 3.8) is 0 Å². The van der Waals surface area contributed by atoms with Crippen molar-refractivity contribution in [2.45, 2.75) is 12.1 Å². The van der Waals surface area contributed by atoms with Crippen molar-refractivity contribution in [2.24, 2.45) is 0 Å². The molecule has 0 aliphatic rings. The number of para-hydroxylation sites is 1. The highest BCUT2D eigenvalue weighted by Gasteiger charge is 2.14. The van der Waals surface area contributed by atoms with Gasteiger partial charge in [-0.2, -0.15) is 0 Å². The molecule has 6 heteroatoms. The van der Waals surface area contributed by atoms with Gasteiger partial charge in [0.25, 0.3) is 5.56 Å². The van der Waals surface area contributed by atoms with E-state index in [0.717, 1.165) is 11.3 Å². The molecule has 2 aromatic carbocycles. The summed E-state index contributed by atoms with van der Waals surface area (Å²) in [6, 6.07) is 14.9. The zero-order chi connectivity index (χ0) is 18.5. The summed E-state index contributed by atoms with van der Waals surface area (Å²) in [4.78, 5) is 29.6. The van der Waals surface area contributed by atoms with Gasteiger partial charge in [-0.25, -0.2) is 4.98 Å². The maximum absolute atomic E-state index is 13.0. The average Bonchev–Trinajstić information content (AvgIpc) is 2.66. The average molecular weight is 365 g/mol. The van der Waals surface area contributed by atoms with E-state index in [4.69, 9.17) is 0 Å². The SMILES string of the molecule is C=CCNC(=O)CSc1nc2ccccc2c(=O)n1-c1ccc(C)cc1. The van der Waals surface area contributed by atoms with E-state index >= 15 is 0 Å². The third kappa shape index (κ3) is 3.86. The number of amides is 1. The van der Waals surface area contributed by atoms with Gasteiger partial charge in [0.2, 0.25) is 5.91 Å². The highest BCUT2D eigenvalue weighted by Crippen LogP contribution is 2.21. The maximum atomic E-state index is 13.0. The molecule has 0 saturated carbocycles. The fourth-order valence-electron chi connectivity index (χ4n) is 2.50. The van der Waals surface area contributed by atoms with Crippen LogP contribution < -0.4 is 10.9 Å². The summed E-state index contributed by atoms with van der Waals surface area (Å²) in [6.07, 6.45) is 1.62. The quantitative estimate of drug-likeness (QED) is 0.414. The van der Waals surface area contributed by atoms with Crippen molar-refractivity contribution in [3.05, 3.63) is 77.1 Å². The molecule has 0 aliphatic heterocycles. The Morgan fingerprint density at radius 1 is 1.23 bits per heavy atom. The highest BCUT2D eigenvalue weighted by atomic mass is 32.2. The van der Waals surface area contributed by atoms with Gasteiger partial charge in [-0.1, -0.05) is 47.7 Å². The first-order valence-electron chi connectivity index (χ1n) is 8.19. The van der Waals surface area contributed by atoms with Crippen molar-refractivity contribution in [2.75, 3.05) is 12.3 Å². The van der Waals surface area contributed by atoms with Crippen LogP contribution in [-0.4, -0.2) is 27.8 Å². The van der Waals surface area contributed by atoms with Crippen molar-refractivity contribution in [1.29, 1.82) is 0 Å². The molecule has 0 atom stereocenters. The summed E-state index contributed by atoms with van der Waals surface area (Å²) < 4.78 is 1.56. The fraction of sp³-hybridized carbons (Fsp3) is 0.150. The third-order valence-electron chi connectivity index (χ3n) is 3.81. The van der Waals surface area contributed by atoms with Crippen LogP contribution in [0.1, 0.15) is 5.56 Å². The van der Waals surface area contributed by atoms with Crippen molar-refractivity contribution in [3.8, 4) is 5.69 Å². The molecule has 0 unspecified atom stereocenters. The lowest BCUT2D eigenvalue weighted by Gasteiger charge is -2.13. The topological polar surface area (TPSA) is 64.0 Å². The minimum atomic E-state index is -0.145. The molecule has 0 aliphatic carbocycles. The number of aryl methyl sites for hydroxylation is 1. The Kier molecular flexibility index (Phi) is 5.53. The largest absolute Gasteiger partial charge is 0.352 e. The van der Waals surface area contributed by atoms with Crippen LogP contribution in [0.2, 0.25) is 0 Å². The molecule has 1 N–H and O–H groups in total. The zero-order valence-electron chi connectivity index (χ0n) is 14.4. The number of nitrogens with one attached hydrogen (secondary N) is 1. The Balaban J connectivity index is 2.06. The Morgan fingerprint density at radius 2 is 1.96 bits per heavy atom. The minimum absolute atomic E-state index is 0.132. The number of fused-ring (bicyclic) bond motifs is 1. The summed E-state index contributed by atoms with van der Waals surface area (Å²) in [5, 5.41) is 3.77. The fourth-order valence-corrected chi connectivity index (χ4v) is 3.34. The van der Waals surface area contributed by atoms with Gasteiger partial charge in [-0.3, -0.25) is 14.2 Å². The molecular weight excluding hydrogens is 346 g/mol. The normalized spacial score (nSPS) is 10.7. The van der Waals surface area contributed by atoms with Crippen LogP contribution in [0.5, 0.6) is 0 Å². The number of carbonyl (C=O) groups excluding carboxylic acids is 1. The molecule has 0 saturated heterocycles. The number of carbonyl (C=O) groups is 1. The van der Waals surface area contributed by atoms with Crippen molar-refractivity contribution < 1.29 is 4.79 Å². The highest BCUT2D eigenvalue weighted by molar-refractivity contribution is 7.99. The lowest BCUT2D eigenvalue weighted by molar-refractivity contribution is -0.118. The van der Waals surface area contributed by atoms with Crippen LogP contribution in [0.15, 0.2) is 71.1 Å². The second-order valence-corrected chi connectivity index (χ2v) is 6.71. The van der Waals surface area contributed by atoms with E-state index in [0.29, 0.717) is 22.6 Å². The number of benzene rings is 2. The second kappa shape index (κ2) is 8.01. The molecule has 5 nitrogen and oxygen atoms in total. The van der Waals surface area contributed by atoms with Gasteiger partial charge < -0.3 is 5.32 Å². The smallest absolute Gasteiger partial charge is 0.266 e. The van der Waals surface area contributed by atoms with E-state index in [1.807, 2.05) is 43.3 Å². The van der Waals surface area contributed by atoms with E-state index < -0.39 is 0 Å². The first-order chi connectivity index (χ1) is 12.6. The zero-order valence-corrected chi connectivity index (χ0v) is 15.3. The van der Waals surface area contributed by atoms with E-state index in [1.165, 1.54) is 11.8 Å². The standard InChI is InChI=1S/C20H19N3O2S/c1-3-12-21-18(24)13-26-20-22-17-7-5-4-6-16(17)19(25)23(20)15-10-8-14(2)9-11-15/h3-11H,1,12-13H2,2H3,(H,21,24). The van der Waals surface area contributed by atoms with Gasteiger partial charge >= 0.3 is 0 Å². The predicted molar refractivity (Wildman–Crippen MR) is 106 cm³/mol. The molecule has 0 radical (unpaired) electrons. The van der Waals surface area contributed by atoms with Crippen molar-refractivity contribution >= 4 is 28.6 Å². The summed E-state index contributed by atoms with van der Waals surface area (Å²) in [5.41, 5.74) is 2.31. The predicted octanol–water partition coefficient (Wildman–Crippen LogP) is 3.09. The summed E-state index contributed by atoms with van der Waals surface area (Å²) >= 11 is 1.24. The molecule has 3 aromatic rings. The van der Waals surface area contributed by atoms with Crippen LogP contribution in [0.3, 0.4) is 0 Å². The number of aromatic nitrogens is 2. The lowest BCUT2D eigenvalue weighted by atomic mass is 10.2. The molecular formula is C20H19N3O2S. The Bertz CT molecular complexity index is 1010. The molecule has 26 heavy (non-hydrogen) atoms. The number of nitrogens with zero attached hydrogens (tertiary/aromatic N) is 2. The molecule has 0 fully saturated rings. The van der Waals surface area contributed by atoms with Gasteiger partial charge in [-0.15, -0.1) is 6.58 Å². The number of thioether (sulfide) groups is 1. The van der Waals surface area contributed by atoms with Crippen molar-refractivity contribution in [1.82, 2.24) is 14.9 Å². The summed E-state index contributed by atoms with van der Waals surface area (Å²) in [6.45, 7) is 5.98.